The van der Waals surface area contributed by atoms with Crippen LogP contribution in [0.5, 0.6) is 17.2 Å². The van der Waals surface area contributed by atoms with Gasteiger partial charge in [0.2, 0.25) is 11.8 Å². The molecule has 0 aliphatic carbocycles. The molecule has 0 saturated heterocycles. The number of ether oxygens (including phenoxy) is 3. The minimum absolute atomic E-state index is 0.0203. The van der Waals surface area contributed by atoms with Crippen molar-refractivity contribution in [3.05, 3.63) is 48.0 Å². The van der Waals surface area contributed by atoms with E-state index < -0.39 is 0 Å². The number of nitrogens with one attached hydrogen (secondary N) is 2. The van der Waals surface area contributed by atoms with E-state index in [4.69, 9.17) is 14.2 Å². The van der Waals surface area contributed by atoms with Crippen molar-refractivity contribution in [1.29, 1.82) is 0 Å². The van der Waals surface area contributed by atoms with Gasteiger partial charge in [0.15, 0.2) is 11.5 Å². The Kier molecular flexibility index (Phi) is 9.18. The summed E-state index contributed by atoms with van der Waals surface area (Å²) in [5.74, 6) is 1.33. The summed E-state index contributed by atoms with van der Waals surface area (Å²) in [7, 11) is 3.13. The Morgan fingerprint density at radius 1 is 0.967 bits per heavy atom. The predicted octanol–water partition coefficient (Wildman–Crippen LogP) is 3.36. The van der Waals surface area contributed by atoms with Crippen LogP contribution >= 0.6 is 0 Å². The Bertz CT molecular complexity index is 866. The molecule has 0 aliphatic rings. The maximum absolute atomic E-state index is 12.0. The van der Waals surface area contributed by atoms with E-state index in [-0.39, 0.29) is 24.7 Å². The SMILES string of the molecule is CCCOc1ccc(C=NNC(=O)CCC(=O)Nc2ccc(OC)cc2)cc1OC. The van der Waals surface area contributed by atoms with E-state index in [1.807, 2.05) is 13.0 Å². The molecule has 2 aromatic carbocycles. The Morgan fingerprint density at radius 3 is 2.37 bits per heavy atom. The average molecular weight is 413 g/mol. The summed E-state index contributed by atoms with van der Waals surface area (Å²) in [5.41, 5.74) is 3.80. The lowest BCUT2D eigenvalue weighted by Crippen LogP contribution is -2.20. The molecule has 0 radical (unpaired) electrons. The van der Waals surface area contributed by atoms with Crippen LogP contribution in [0.3, 0.4) is 0 Å². The van der Waals surface area contributed by atoms with E-state index in [0.29, 0.717) is 29.5 Å². The Balaban J connectivity index is 1.78. The van der Waals surface area contributed by atoms with Gasteiger partial charge in [-0.05, 0) is 54.4 Å². The maximum atomic E-state index is 12.0. The lowest BCUT2D eigenvalue weighted by Gasteiger charge is -2.10. The highest BCUT2D eigenvalue weighted by atomic mass is 16.5. The Morgan fingerprint density at radius 2 is 1.70 bits per heavy atom. The van der Waals surface area contributed by atoms with E-state index in [2.05, 4.69) is 15.8 Å². The zero-order chi connectivity index (χ0) is 21.8. The standard InChI is InChI=1S/C22H27N3O5/c1-4-13-30-19-10-5-16(14-20(19)29-3)15-23-25-22(27)12-11-21(26)24-17-6-8-18(28-2)9-7-17/h5-10,14-15H,4,11-13H2,1-3H3,(H,24,26)(H,25,27). The molecule has 8 heteroatoms. The molecule has 0 atom stereocenters. The van der Waals surface area contributed by atoms with E-state index >= 15 is 0 Å². The molecule has 0 aliphatic heterocycles. The number of rotatable bonds is 11. The van der Waals surface area contributed by atoms with Crippen molar-refractivity contribution in [3.63, 3.8) is 0 Å². The number of carbonyl (C=O) groups is 2. The number of benzene rings is 2. The molecule has 0 unspecified atom stereocenters. The van der Waals surface area contributed by atoms with Gasteiger partial charge < -0.3 is 19.5 Å². The molecule has 30 heavy (non-hydrogen) atoms. The average Bonchev–Trinajstić information content (AvgIpc) is 2.77. The fourth-order valence-electron chi connectivity index (χ4n) is 2.46. The summed E-state index contributed by atoms with van der Waals surface area (Å²) in [6.45, 7) is 2.63. The monoisotopic (exact) mass is 413 g/mol. The molecule has 0 aromatic heterocycles. The number of methoxy groups -OCH3 is 2. The first-order valence-corrected chi connectivity index (χ1v) is 9.62. The van der Waals surface area contributed by atoms with Gasteiger partial charge in [0.25, 0.3) is 0 Å². The van der Waals surface area contributed by atoms with Crippen LogP contribution in [0.2, 0.25) is 0 Å². The zero-order valence-corrected chi connectivity index (χ0v) is 17.4. The molecule has 2 N–H and O–H groups in total. The molecular formula is C22H27N3O5. The van der Waals surface area contributed by atoms with Gasteiger partial charge in [0.1, 0.15) is 5.75 Å². The van der Waals surface area contributed by atoms with Gasteiger partial charge in [-0.25, -0.2) is 5.43 Å². The normalized spacial score (nSPS) is 10.5. The third kappa shape index (κ3) is 7.46. The highest BCUT2D eigenvalue weighted by molar-refractivity contribution is 5.93. The van der Waals surface area contributed by atoms with Gasteiger partial charge in [-0.2, -0.15) is 5.10 Å². The lowest BCUT2D eigenvalue weighted by atomic mass is 10.2. The number of hydrogen-bond donors (Lipinski definition) is 2. The van der Waals surface area contributed by atoms with E-state index in [9.17, 15) is 9.59 Å². The molecule has 2 aromatic rings. The molecule has 160 valence electrons. The van der Waals surface area contributed by atoms with E-state index in [1.165, 1.54) is 6.21 Å². The second kappa shape index (κ2) is 12.1. The highest BCUT2D eigenvalue weighted by Gasteiger charge is 2.08. The summed E-state index contributed by atoms with van der Waals surface area (Å²) in [4.78, 5) is 23.9. The van der Waals surface area contributed by atoms with Crippen molar-refractivity contribution >= 4 is 23.7 Å². The summed E-state index contributed by atoms with van der Waals surface area (Å²) >= 11 is 0. The first kappa shape index (κ1) is 22.7. The van der Waals surface area contributed by atoms with Crippen LogP contribution < -0.4 is 25.0 Å². The second-order valence-electron chi connectivity index (χ2n) is 6.33. The van der Waals surface area contributed by atoms with Gasteiger partial charge >= 0.3 is 0 Å². The number of nitrogens with zero attached hydrogens (tertiary/aromatic N) is 1. The summed E-state index contributed by atoms with van der Waals surface area (Å²) in [6.07, 6.45) is 2.47. The fourth-order valence-corrected chi connectivity index (χ4v) is 2.46. The molecule has 0 heterocycles. The highest BCUT2D eigenvalue weighted by Crippen LogP contribution is 2.27. The quantitative estimate of drug-likeness (QED) is 0.435. The van der Waals surface area contributed by atoms with Crippen molar-refractivity contribution in [2.45, 2.75) is 26.2 Å². The Hall–Kier alpha value is -3.55. The number of carbonyl (C=O) groups excluding carboxylic acids is 2. The minimum Gasteiger partial charge on any atom is -0.497 e. The van der Waals surface area contributed by atoms with Gasteiger partial charge in [0, 0.05) is 18.5 Å². The zero-order valence-electron chi connectivity index (χ0n) is 17.4. The van der Waals surface area contributed by atoms with Crippen molar-refractivity contribution in [3.8, 4) is 17.2 Å². The molecule has 2 rings (SSSR count). The van der Waals surface area contributed by atoms with Gasteiger partial charge in [0.05, 0.1) is 27.0 Å². The fraction of sp³-hybridized carbons (Fsp3) is 0.318. The van der Waals surface area contributed by atoms with Crippen LogP contribution in [0.25, 0.3) is 0 Å². The molecule has 0 saturated carbocycles. The van der Waals surface area contributed by atoms with Crippen molar-refractivity contribution < 1.29 is 23.8 Å². The summed E-state index contributed by atoms with van der Waals surface area (Å²) < 4.78 is 16.0. The first-order valence-electron chi connectivity index (χ1n) is 9.62. The van der Waals surface area contributed by atoms with Crippen LogP contribution in [0.4, 0.5) is 5.69 Å². The van der Waals surface area contributed by atoms with E-state index in [0.717, 1.165) is 12.0 Å². The van der Waals surface area contributed by atoms with Crippen LogP contribution in [-0.4, -0.2) is 38.9 Å². The van der Waals surface area contributed by atoms with Crippen molar-refractivity contribution in [2.75, 3.05) is 26.1 Å². The van der Waals surface area contributed by atoms with Gasteiger partial charge in [-0.15, -0.1) is 0 Å². The predicted molar refractivity (Wildman–Crippen MR) is 115 cm³/mol. The number of anilines is 1. The van der Waals surface area contributed by atoms with Crippen LogP contribution in [-0.2, 0) is 9.59 Å². The summed E-state index contributed by atoms with van der Waals surface area (Å²) in [5, 5.41) is 6.65. The van der Waals surface area contributed by atoms with Crippen molar-refractivity contribution in [1.82, 2.24) is 5.43 Å². The molecule has 0 fully saturated rings. The molecule has 0 spiro atoms. The second-order valence-corrected chi connectivity index (χ2v) is 6.33. The summed E-state index contributed by atoms with van der Waals surface area (Å²) in [6, 6.07) is 12.3. The third-order valence-corrected chi connectivity index (χ3v) is 4.01. The topological polar surface area (TPSA) is 98.2 Å². The largest absolute Gasteiger partial charge is 0.497 e. The number of amides is 2. The minimum atomic E-state index is -0.356. The molecule has 8 nitrogen and oxygen atoms in total. The van der Waals surface area contributed by atoms with E-state index in [1.54, 1.807) is 50.6 Å². The van der Waals surface area contributed by atoms with Crippen LogP contribution in [0.1, 0.15) is 31.7 Å². The molecule has 2 amide bonds. The third-order valence-electron chi connectivity index (χ3n) is 4.01. The first-order chi connectivity index (χ1) is 14.5. The van der Waals surface area contributed by atoms with Crippen molar-refractivity contribution in [2.24, 2.45) is 5.10 Å². The number of hydrazone groups is 1. The van der Waals surface area contributed by atoms with Crippen LogP contribution in [0.15, 0.2) is 47.6 Å². The Labute approximate surface area is 176 Å². The molecule has 0 bridgehead atoms. The smallest absolute Gasteiger partial charge is 0.240 e. The van der Waals surface area contributed by atoms with Crippen LogP contribution in [0, 0.1) is 0 Å². The lowest BCUT2D eigenvalue weighted by molar-refractivity contribution is -0.124. The number of hydrogen-bond acceptors (Lipinski definition) is 6. The van der Waals surface area contributed by atoms with Gasteiger partial charge in [-0.3, -0.25) is 9.59 Å². The molecular weight excluding hydrogens is 386 g/mol. The maximum Gasteiger partial charge on any atom is 0.240 e. The van der Waals surface area contributed by atoms with Gasteiger partial charge in [-0.1, -0.05) is 6.92 Å².